The van der Waals surface area contributed by atoms with Crippen molar-refractivity contribution in [3.8, 4) is 5.75 Å². The Balaban J connectivity index is 1.54. The number of carbonyl (C=O) groups is 1. The first kappa shape index (κ1) is 26.2. The van der Waals surface area contributed by atoms with Crippen LogP contribution in [0.2, 0.25) is 0 Å². The molecule has 1 N–H and O–H groups in total. The van der Waals surface area contributed by atoms with Gasteiger partial charge >= 0.3 is 0 Å². The van der Waals surface area contributed by atoms with Crippen molar-refractivity contribution in [2.75, 3.05) is 5.32 Å². The molecule has 0 spiro atoms. The van der Waals surface area contributed by atoms with Crippen LogP contribution in [0.3, 0.4) is 0 Å². The fraction of sp³-hybridized carbons (Fsp3) is 0.333. The summed E-state index contributed by atoms with van der Waals surface area (Å²) in [5, 5.41) is 6.03. The quantitative estimate of drug-likeness (QED) is 0.256. The number of amides is 1. The molecule has 4 nitrogen and oxygen atoms in total. The lowest BCUT2D eigenvalue weighted by Gasteiger charge is -2.33. The number of benzene rings is 3. The predicted molar refractivity (Wildman–Crippen MR) is 161 cm³/mol. The predicted octanol–water partition coefficient (Wildman–Crippen LogP) is 8.84. The number of thiophene rings is 1. The summed E-state index contributed by atoms with van der Waals surface area (Å²) in [6.07, 6.45) is 4.99. The van der Waals surface area contributed by atoms with E-state index in [0.29, 0.717) is 5.92 Å². The van der Waals surface area contributed by atoms with E-state index in [4.69, 9.17) is 9.73 Å². The largest absolute Gasteiger partial charge is 0.490 e. The van der Waals surface area contributed by atoms with Crippen molar-refractivity contribution in [3.63, 3.8) is 0 Å². The minimum Gasteiger partial charge on any atom is -0.490 e. The molecule has 1 aliphatic carbocycles. The van der Waals surface area contributed by atoms with Gasteiger partial charge in [-0.15, -0.1) is 11.3 Å². The Labute approximate surface area is 229 Å². The zero-order valence-electron chi connectivity index (χ0n) is 22.9. The van der Waals surface area contributed by atoms with Gasteiger partial charge in [0.2, 0.25) is 0 Å². The van der Waals surface area contributed by atoms with E-state index in [-0.39, 0.29) is 17.4 Å². The monoisotopic (exact) mass is 524 g/mol. The number of para-hydroxylation sites is 1. The lowest BCUT2D eigenvalue weighted by Crippen LogP contribution is -2.27. The van der Waals surface area contributed by atoms with Crippen molar-refractivity contribution in [2.45, 2.75) is 60.0 Å². The number of hydrogen-bond donors (Lipinski definition) is 1. The van der Waals surface area contributed by atoms with Gasteiger partial charge in [0.15, 0.2) is 0 Å². The standard InChI is InChI=1S/C33H36N2O2S/c1-21(2)37-28-18-15-22(25-13-9-10-14-26(25)28)20-34-32-30(31(36)35-24-11-7-6-8-12-24)27-17-16-23(33(3,4)5)19-29(27)38-32/h6-15,18,20-21,23H,16-17,19H2,1-5H3,(H,35,36)/t23-/m0/s1. The van der Waals surface area contributed by atoms with Crippen molar-refractivity contribution in [1.82, 2.24) is 0 Å². The number of ether oxygens (including phenoxy) is 1. The highest BCUT2D eigenvalue weighted by Gasteiger charge is 2.33. The van der Waals surface area contributed by atoms with E-state index in [2.05, 4.69) is 44.3 Å². The molecule has 1 amide bonds. The van der Waals surface area contributed by atoms with E-state index >= 15 is 0 Å². The van der Waals surface area contributed by atoms with E-state index in [1.807, 2.05) is 68.6 Å². The molecule has 0 radical (unpaired) electrons. The Morgan fingerprint density at radius 2 is 1.74 bits per heavy atom. The second kappa shape index (κ2) is 10.7. The summed E-state index contributed by atoms with van der Waals surface area (Å²) in [5.41, 5.74) is 3.92. The number of nitrogens with one attached hydrogen (secondary N) is 1. The molecular formula is C33H36N2O2S. The van der Waals surface area contributed by atoms with Gasteiger partial charge in [0.05, 0.1) is 11.7 Å². The average Bonchev–Trinajstić information content (AvgIpc) is 3.26. The van der Waals surface area contributed by atoms with Gasteiger partial charge < -0.3 is 10.1 Å². The Bertz CT molecular complexity index is 1480. The van der Waals surface area contributed by atoms with E-state index in [1.54, 1.807) is 11.3 Å². The third-order valence-corrected chi connectivity index (χ3v) is 8.49. The van der Waals surface area contributed by atoms with Crippen LogP contribution in [0.15, 0.2) is 71.7 Å². The maximum Gasteiger partial charge on any atom is 0.259 e. The van der Waals surface area contributed by atoms with E-state index < -0.39 is 0 Å². The molecule has 1 atom stereocenters. The summed E-state index contributed by atoms with van der Waals surface area (Å²) in [7, 11) is 0. The average molecular weight is 525 g/mol. The highest BCUT2D eigenvalue weighted by atomic mass is 32.1. The second-order valence-corrected chi connectivity index (χ2v) is 12.5. The molecule has 38 heavy (non-hydrogen) atoms. The first-order valence-electron chi connectivity index (χ1n) is 13.4. The summed E-state index contributed by atoms with van der Waals surface area (Å²) < 4.78 is 6.05. The number of fused-ring (bicyclic) bond motifs is 2. The van der Waals surface area contributed by atoms with Crippen LogP contribution in [-0.2, 0) is 12.8 Å². The maximum atomic E-state index is 13.6. The first-order chi connectivity index (χ1) is 18.2. The number of hydrogen-bond acceptors (Lipinski definition) is 4. The number of aliphatic imine (C=N–C) groups is 1. The number of rotatable bonds is 6. The van der Waals surface area contributed by atoms with E-state index in [1.165, 1.54) is 10.4 Å². The van der Waals surface area contributed by atoms with Crippen LogP contribution < -0.4 is 10.1 Å². The highest BCUT2D eigenvalue weighted by molar-refractivity contribution is 7.16. The minimum absolute atomic E-state index is 0.0828. The summed E-state index contributed by atoms with van der Waals surface area (Å²) in [4.78, 5) is 19.9. The van der Waals surface area contributed by atoms with Gasteiger partial charge in [-0.25, -0.2) is 4.99 Å². The molecule has 4 aromatic rings. The Morgan fingerprint density at radius 3 is 2.45 bits per heavy atom. The van der Waals surface area contributed by atoms with Crippen molar-refractivity contribution in [3.05, 3.63) is 88.3 Å². The van der Waals surface area contributed by atoms with Gasteiger partial charge in [-0.1, -0.05) is 63.2 Å². The van der Waals surface area contributed by atoms with E-state index in [9.17, 15) is 4.79 Å². The van der Waals surface area contributed by atoms with Crippen LogP contribution in [0.25, 0.3) is 10.8 Å². The molecule has 1 aromatic heterocycles. The summed E-state index contributed by atoms with van der Waals surface area (Å²) in [5.74, 6) is 1.38. The molecule has 0 unspecified atom stereocenters. The normalized spacial score (nSPS) is 15.7. The minimum atomic E-state index is -0.0828. The third kappa shape index (κ3) is 5.53. The van der Waals surface area contributed by atoms with Crippen LogP contribution in [0.1, 0.15) is 67.4 Å². The molecule has 1 heterocycles. The first-order valence-corrected chi connectivity index (χ1v) is 14.3. The fourth-order valence-corrected chi connectivity index (χ4v) is 6.51. The van der Waals surface area contributed by atoms with Crippen molar-refractivity contribution in [2.24, 2.45) is 16.3 Å². The smallest absolute Gasteiger partial charge is 0.259 e. The lowest BCUT2D eigenvalue weighted by molar-refractivity contribution is 0.102. The van der Waals surface area contributed by atoms with Crippen molar-refractivity contribution >= 4 is 44.9 Å². The number of carbonyl (C=O) groups excluding carboxylic acids is 1. The molecule has 0 bridgehead atoms. The molecular weight excluding hydrogens is 488 g/mol. The van der Waals surface area contributed by atoms with Crippen molar-refractivity contribution < 1.29 is 9.53 Å². The molecule has 5 rings (SSSR count). The second-order valence-electron chi connectivity index (χ2n) is 11.4. The van der Waals surface area contributed by atoms with E-state index in [0.717, 1.165) is 57.6 Å². The van der Waals surface area contributed by atoms with Crippen molar-refractivity contribution in [1.29, 1.82) is 0 Å². The van der Waals surface area contributed by atoms with Gasteiger partial charge in [0.25, 0.3) is 5.91 Å². The van der Waals surface area contributed by atoms with Gasteiger partial charge in [0, 0.05) is 27.7 Å². The summed E-state index contributed by atoms with van der Waals surface area (Å²) in [6.45, 7) is 11.0. The zero-order valence-corrected chi connectivity index (χ0v) is 23.7. The highest BCUT2D eigenvalue weighted by Crippen LogP contribution is 2.45. The van der Waals surface area contributed by atoms with Crippen LogP contribution in [0, 0.1) is 11.3 Å². The van der Waals surface area contributed by atoms with Gasteiger partial charge in [0.1, 0.15) is 10.8 Å². The fourth-order valence-electron chi connectivity index (χ4n) is 5.24. The number of nitrogens with zero attached hydrogens (tertiary/aromatic N) is 1. The van der Waals surface area contributed by atoms with Gasteiger partial charge in [-0.3, -0.25) is 4.79 Å². The summed E-state index contributed by atoms with van der Waals surface area (Å²) in [6, 6.07) is 22.0. The molecule has 0 fully saturated rings. The van der Waals surface area contributed by atoms with Gasteiger partial charge in [-0.05, 0) is 79.7 Å². The Kier molecular flexibility index (Phi) is 7.40. The third-order valence-electron chi connectivity index (χ3n) is 7.33. The molecule has 1 aliphatic rings. The van der Waals surface area contributed by atoms with Crippen LogP contribution >= 0.6 is 11.3 Å². The zero-order chi connectivity index (χ0) is 26.9. The molecule has 3 aromatic carbocycles. The Hall–Kier alpha value is -3.44. The molecule has 0 aliphatic heterocycles. The topological polar surface area (TPSA) is 50.7 Å². The summed E-state index contributed by atoms with van der Waals surface area (Å²) >= 11 is 1.67. The molecule has 196 valence electrons. The van der Waals surface area contributed by atoms with Crippen LogP contribution in [-0.4, -0.2) is 18.2 Å². The molecule has 0 saturated carbocycles. The molecule has 5 heteroatoms. The number of anilines is 1. The lowest BCUT2D eigenvalue weighted by atomic mass is 9.72. The maximum absolute atomic E-state index is 13.6. The molecule has 0 saturated heterocycles. The van der Waals surface area contributed by atoms with Crippen LogP contribution in [0.4, 0.5) is 10.7 Å². The Morgan fingerprint density at radius 1 is 1.03 bits per heavy atom. The van der Waals surface area contributed by atoms with Gasteiger partial charge in [-0.2, -0.15) is 0 Å². The SMILES string of the molecule is CC(C)Oc1ccc(C=Nc2sc3c(c2C(=O)Nc2ccccc2)CC[C@H](C(C)(C)C)C3)c2ccccc12. The van der Waals surface area contributed by atoms with Crippen LogP contribution in [0.5, 0.6) is 5.75 Å².